The van der Waals surface area contributed by atoms with Crippen LogP contribution < -0.4 is 11.1 Å². The van der Waals surface area contributed by atoms with E-state index in [0.717, 1.165) is 4.88 Å². The lowest BCUT2D eigenvalue weighted by molar-refractivity contribution is 0.0506. The van der Waals surface area contributed by atoms with Gasteiger partial charge in [0.2, 0.25) is 0 Å². The third-order valence-electron chi connectivity index (χ3n) is 1.94. The molecule has 6 heteroatoms. The number of hydrogen-bond donors (Lipinski definition) is 2. The minimum Gasteiger partial charge on any atom is -0.444 e. The van der Waals surface area contributed by atoms with Gasteiger partial charge in [0, 0.05) is 30.1 Å². The van der Waals surface area contributed by atoms with Gasteiger partial charge in [-0.05, 0) is 20.8 Å². The zero-order chi connectivity index (χ0) is 12.9. The van der Waals surface area contributed by atoms with Gasteiger partial charge >= 0.3 is 6.09 Å². The molecule has 5 nitrogen and oxygen atoms in total. The van der Waals surface area contributed by atoms with Gasteiger partial charge in [0.1, 0.15) is 5.60 Å². The normalized spacial score (nSPS) is 13.2. The zero-order valence-corrected chi connectivity index (χ0v) is 11.2. The Morgan fingerprint density at radius 1 is 1.65 bits per heavy atom. The Kier molecular flexibility index (Phi) is 4.89. The monoisotopic (exact) mass is 257 g/mol. The summed E-state index contributed by atoms with van der Waals surface area (Å²) in [4.78, 5) is 16.6. The first-order valence-corrected chi connectivity index (χ1v) is 6.35. The molecule has 0 aliphatic heterocycles. The molecule has 0 saturated heterocycles. The average Bonchev–Trinajstić information content (AvgIpc) is 2.66. The van der Waals surface area contributed by atoms with E-state index in [-0.39, 0.29) is 6.04 Å². The number of rotatable bonds is 4. The Labute approximate surface area is 105 Å². The first-order chi connectivity index (χ1) is 7.90. The summed E-state index contributed by atoms with van der Waals surface area (Å²) in [5.74, 6) is 0. The first-order valence-electron chi connectivity index (χ1n) is 5.47. The van der Waals surface area contributed by atoms with Crippen LogP contribution >= 0.6 is 11.3 Å². The molecule has 0 radical (unpaired) electrons. The molecule has 0 fully saturated rings. The summed E-state index contributed by atoms with van der Waals surface area (Å²) in [6.45, 7) is 5.85. The molecule has 1 amide bonds. The highest BCUT2D eigenvalue weighted by atomic mass is 32.1. The second-order valence-electron chi connectivity index (χ2n) is 4.75. The molecular formula is C11H19N3O2S. The third-order valence-corrected chi connectivity index (χ3v) is 2.74. The highest BCUT2D eigenvalue weighted by Crippen LogP contribution is 2.10. The summed E-state index contributed by atoms with van der Waals surface area (Å²) in [6.07, 6.45) is 2.03. The van der Waals surface area contributed by atoms with Crippen molar-refractivity contribution in [1.29, 1.82) is 0 Å². The van der Waals surface area contributed by atoms with Gasteiger partial charge in [-0.2, -0.15) is 0 Å². The largest absolute Gasteiger partial charge is 0.444 e. The topological polar surface area (TPSA) is 77.2 Å². The number of hydrogen-bond acceptors (Lipinski definition) is 5. The van der Waals surface area contributed by atoms with E-state index in [0.29, 0.717) is 13.0 Å². The van der Waals surface area contributed by atoms with Crippen molar-refractivity contribution in [3.05, 3.63) is 16.6 Å². The van der Waals surface area contributed by atoms with Crippen molar-refractivity contribution in [3.8, 4) is 0 Å². The number of carbonyl (C=O) groups excluding carboxylic acids is 1. The Balaban J connectivity index is 2.44. The van der Waals surface area contributed by atoms with Crippen LogP contribution in [0.15, 0.2) is 11.7 Å². The van der Waals surface area contributed by atoms with E-state index in [9.17, 15) is 4.79 Å². The van der Waals surface area contributed by atoms with E-state index >= 15 is 0 Å². The fourth-order valence-electron chi connectivity index (χ4n) is 1.25. The molecule has 0 bridgehead atoms. The number of aromatic nitrogens is 1. The fraction of sp³-hybridized carbons (Fsp3) is 0.636. The summed E-state index contributed by atoms with van der Waals surface area (Å²) in [5.41, 5.74) is 6.88. The SMILES string of the molecule is CC(C)(C)OC(=O)NC(CN)Cc1cncs1. The zero-order valence-electron chi connectivity index (χ0n) is 10.4. The minimum atomic E-state index is -0.492. The van der Waals surface area contributed by atoms with Gasteiger partial charge in [0.15, 0.2) is 0 Å². The van der Waals surface area contributed by atoms with Crippen LogP contribution in [-0.2, 0) is 11.2 Å². The molecule has 1 rings (SSSR count). The molecule has 1 aromatic rings. The van der Waals surface area contributed by atoms with Gasteiger partial charge in [0.05, 0.1) is 5.51 Å². The summed E-state index contributed by atoms with van der Waals surface area (Å²) >= 11 is 1.55. The molecule has 1 unspecified atom stereocenters. The van der Waals surface area contributed by atoms with E-state index < -0.39 is 11.7 Å². The summed E-state index contributed by atoms with van der Waals surface area (Å²) in [6, 6.07) is -0.120. The highest BCUT2D eigenvalue weighted by Gasteiger charge is 2.19. The second-order valence-corrected chi connectivity index (χ2v) is 5.72. The Hall–Kier alpha value is -1.14. The number of amides is 1. The quantitative estimate of drug-likeness (QED) is 0.857. The smallest absolute Gasteiger partial charge is 0.407 e. The predicted molar refractivity (Wildman–Crippen MR) is 68.0 cm³/mol. The van der Waals surface area contributed by atoms with Crippen molar-refractivity contribution >= 4 is 17.4 Å². The number of carbonyl (C=O) groups is 1. The van der Waals surface area contributed by atoms with Crippen LogP contribution in [0.2, 0.25) is 0 Å². The summed E-state index contributed by atoms with van der Waals surface area (Å²) < 4.78 is 5.17. The third kappa shape index (κ3) is 5.65. The molecule has 0 saturated carbocycles. The average molecular weight is 257 g/mol. The fourth-order valence-corrected chi connectivity index (χ4v) is 1.93. The molecule has 0 aliphatic carbocycles. The van der Waals surface area contributed by atoms with Gasteiger partial charge in [-0.3, -0.25) is 4.98 Å². The van der Waals surface area contributed by atoms with Crippen molar-refractivity contribution in [2.75, 3.05) is 6.54 Å². The van der Waals surface area contributed by atoms with Crippen LogP contribution in [0.1, 0.15) is 25.6 Å². The second kappa shape index (κ2) is 5.97. The lowest BCUT2D eigenvalue weighted by Gasteiger charge is -2.22. The van der Waals surface area contributed by atoms with E-state index in [1.54, 1.807) is 23.0 Å². The predicted octanol–water partition coefficient (Wildman–Crippen LogP) is 1.54. The van der Waals surface area contributed by atoms with E-state index in [1.807, 2.05) is 20.8 Å². The van der Waals surface area contributed by atoms with Crippen molar-refractivity contribution in [3.63, 3.8) is 0 Å². The van der Waals surface area contributed by atoms with Crippen LogP contribution in [-0.4, -0.2) is 29.3 Å². The summed E-state index contributed by atoms with van der Waals surface area (Å²) in [7, 11) is 0. The molecule has 0 aliphatic rings. The molecular weight excluding hydrogens is 238 g/mol. The van der Waals surface area contributed by atoms with Crippen LogP contribution in [0.4, 0.5) is 4.79 Å². The van der Waals surface area contributed by atoms with Crippen LogP contribution in [0.5, 0.6) is 0 Å². The number of nitrogens with one attached hydrogen (secondary N) is 1. The molecule has 3 N–H and O–H groups in total. The van der Waals surface area contributed by atoms with E-state index in [2.05, 4.69) is 10.3 Å². The number of nitrogens with zero attached hydrogens (tertiary/aromatic N) is 1. The molecule has 1 heterocycles. The standard InChI is InChI=1S/C11H19N3O2S/c1-11(2,3)16-10(15)14-8(5-12)4-9-6-13-7-17-9/h6-8H,4-5,12H2,1-3H3,(H,14,15). The van der Waals surface area contributed by atoms with Crippen molar-refractivity contribution in [2.45, 2.75) is 38.8 Å². The highest BCUT2D eigenvalue weighted by molar-refractivity contribution is 7.09. The van der Waals surface area contributed by atoms with Crippen LogP contribution in [0.3, 0.4) is 0 Å². The number of nitrogens with two attached hydrogens (primary N) is 1. The number of alkyl carbamates (subject to hydrolysis) is 1. The maximum Gasteiger partial charge on any atom is 0.407 e. The van der Waals surface area contributed by atoms with Crippen LogP contribution in [0, 0.1) is 0 Å². The Bertz CT molecular complexity index is 346. The van der Waals surface area contributed by atoms with Gasteiger partial charge < -0.3 is 15.8 Å². The van der Waals surface area contributed by atoms with Gasteiger partial charge in [0.25, 0.3) is 0 Å². The van der Waals surface area contributed by atoms with Gasteiger partial charge in [-0.15, -0.1) is 11.3 Å². The Morgan fingerprint density at radius 3 is 2.82 bits per heavy atom. The van der Waals surface area contributed by atoms with Crippen LogP contribution in [0.25, 0.3) is 0 Å². The Morgan fingerprint density at radius 2 is 2.35 bits per heavy atom. The minimum absolute atomic E-state index is 0.120. The molecule has 1 aromatic heterocycles. The number of ether oxygens (including phenoxy) is 1. The number of thiazole rings is 1. The molecule has 17 heavy (non-hydrogen) atoms. The lowest BCUT2D eigenvalue weighted by Crippen LogP contribution is -2.44. The van der Waals surface area contributed by atoms with E-state index in [4.69, 9.17) is 10.5 Å². The van der Waals surface area contributed by atoms with Gasteiger partial charge in [-0.1, -0.05) is 0 Å². The maximum atomic E-state index is 11.6. The first kappa shape index (κ1) is 13.9. The van der Waals surface area contributed by atoms with Crippen molar-refractivity contribution < 1.29 is 9.53 Å². The van der Waals surface area contributed by atoms with Gasteiger partial charge in [-0.25, -0.2) is 4.79 Å². The summed E-state index contributed by atoms with van der Waals surface area (Å²) in [5, 5.41) is 2.75. The maximum absolute atomic E-state index is 11.6. The van der Waals surface area contributed by atoms with Crippen molar-refractivity contribution in [2.24, 2.45) is 5.73 Å². The van der Waals surface area contributed by atoms with Crippen molar-refractivity contribution in [1.82, 2.24) is 10.3 Å². The molecule has 0 aromatic carbocycles. The molecule has 96 valence electrons. The molecule has 1 atom stereocenters. The molecule has 0 spiro atoms. The lowest BCUT2D eigenvalue weighted by atomic mass is 10.2. The van der Waals surface area contributed by atoms with E-state index in [1.165, 1.54) is 0 Å².